The molecule has 2 atom stereocenters. The molecule has 0 heterocycles. The van der Waals surface area contributed by atoms with Crippen molar-refractivity contribution in [3.63, 3.8) is 0 Å². The minimum Gasteiger partial charge on any atom is -0.461 e. The van der Waals surface area contributed by atoms with Crippen molar-refractivity contribution in [2.45, 2.75) is 33.6 Å². The Labute approximate surface area is 244 Å². The van der Waals surface area contributed by atoms with E-state index in [1.807, 2.05) is 67.6 Å². The van der Waals surface area contributed by atoms with Gasteiger partial charge in [0.2, 0.25) is 0 Å². The van der Waals surface area contributed by atoms with Crippen LogP contribution in [0.25, 0.3) is 22.3 Å². The second-order valence-corrected chi connectivity index (χ2v) is 11.0. The van der Waals surface area contributed by atoms with Gasteiger partial charge in [-0.2, -0.15) is 13.2 Å². The summed E-state index contributed by atoms with van der Waals surface area (Å²) >= 11 is 5.34. The van der Waals surface area contributed by atoms with Crippen molar-refractivity contribution in [2.75, 3.05) is 0 Å². The molecule has 6 heteroatoms. The van der Waals surface area contributed by atoms with Crippen molar-refractivity contribution < 1.29 is 22.7 Å². The van der Waals surface area contributed by atoms with Crippen molar-refractivity contribution >= 4 is 17.6 Å². The normalized spacial score (nSPS) is 17.7. The minimum atomic E-state index is -4.61. The lowest BCUT2D eigenvalue weighted by molar-refractivity contribution is -0.147. The lowest BCUT2D eigenvalue weighted by atomic mass is 9.97. The highest BCUT2D eigenvalue weighted by atomic mass is 35.5. The molecule has 2 nitrogen and oxygen atoms in total. The van der Waals surface area contributed by atoms with E-state index in [2.05, 4.69) is 48.5 Å². The zero-order valence-corrected chi connectivity index (χ0v) is 23.9. The summed E-state index contributed by atoms with van der Waals surface area (Å²) in [4.78, 5) is 12.5. The van der Waals surface area contributed by atoms with Gasteiger partial charge < -0.3 is 4.74 Å². The van der Waals surface area contributed by atoms with Crippen molar-refractivity contribution in [3.8, 4) is 22.3 Å². The number of carbonyl (C=O) groups is 1. The third-order valence-electron chi connectivity index (χ3n) is 7.54. The Balaban J connectivity index is 0.000000267. The molecule has 4 aromatic rings. The molecule has 1 saturated carbocycles. The number of benzene rings is 4. The molecular weight excluding hydrogens is 545 g/mol. The third-order valence-corrected chi connectivity index (χ3v) is 7.88. The fraction of sp³-hybridized carbons (Fsp3) is 0.229. The molecule has 212 valence electrons. The molecule has 0 aliphatic heterocycles. The summed E-state index contributed by atoms with van der Waals surface area (Å²) in [5, 5.41) is -1.20. The van der Waals surface area contributed by atoms with Crippen molar-refractivity contribution in [1.82, 2.24) is 0 Å². The lowest BCUT2D eigenvalue weighted by Gasteiger charge is -2.12. The second kappa shape index (κ2) is 12.8. The number of esters is 1. The summed E-state index contributed by atoms with van der Waals surface area (Å²) in [5.41, 5.74) is 5.90. The maximum atomic E-state index is 12.7. The summed E-state index contributed by atoms with van der Waals surface area (Å²) in [7, 11) is 0. The predicted molar refractivity (Wildman–Crippen MR) is 159 cm³/mol. The molecule has 1 aliphatic carbocycles. The highest BCUT2D eigenvalue weighted by Gasteiger charge is 2.62. The molecule has 0 aromatic heterocycles. The average molecular weight is 577 g/mol. The Kier molecular flexibility index (Phi) is 9.39. The lowest BCUT2D eigenvalue weighted by Crippen LogP contribution is -2.11. The molecular formula is C35H32ClF3O2. The smallest absolute Gasteiger partial charge is 0.426 e. The Morgan fingerprint density at radius 2 is 1.29 bits per heavy atom. The summed E-state index contributed by atoms with van der Waals surface area (Å²) < 4.78 is 43.5. The maximum Gasteiger partial charge on any atom is 0.426 e. The van der Waals surface area contributed by atoms with Gasteiger partial charge in [0.05, 0.1) is 5.92 Å². The van der Waals surface area contributed by atoms with Gasteiger partial charge in [-0.25, -0.2) is 0 Å². The first-order valence-corrected chi connectivity index (χ1v) is 13.7. The third kappa shape index (κ3) is 7.47. The molecule has 0 saturated heterocycles. The van der Waals surface area contributed by atoms with E-state index in [4.69, 9.17) is 16.3 Å². The molecule has 4 aromatic carbocycles. The van der Waals surface area contributed by atoms with Crippen LogP contribution in [0.3, 0.4) is 0 Å². The van der Waals surface area contributed by atoms with Gasteiger partial charge in [0, 0.05) is 0 Å². The molecule has 5 rings (SSSR count). The van der Waals surface area contributed by atoms with Crippen LogP contribution < -0.4 is 0 Å². The molecule has 0 spiro atoms. The van der Waals surface area contributed by atoms with Crippen LogP contribution in [-0.4, -0.2) is 12.1 Å². The van der Waals surface area contributed by atoms with Crippen LogP contribution in [0.2, 0.25) is 0 Å². The van der Waals surface area contributed by atoms with E-state index >= 15 is 0 Å². The zero-order chi connectivity index (χ0) is 29.6. The van der Waals surface area contributed by atoms with Crippen LogP contribution >= 0.6 is 11.6 Å². The summed E-state index contributed by atoms with van der Waals surface area (Å²) in [5.74, 6) is -1.75. The van der Waals surface area contributed by atoms with E-state index < -0.39 is 34.4 Å². The molecule has 0 N–H and O–H groups in total. The summed E-state index contributed by atoms with van der Waals surface area (Å²) in [6.45, 7) is 5.51. The first-order chi connectivity index (χ1) is 19.5. The van der Waals surface area contributed by atoms with Crippen LogP contribution in [0.5, 0.6) is 0 Å². The SMILES string of the molecule is Cc1c(COC(=O)C2C(/C=C(\Cl)C(F)(F)F)C2(C)C)cccc1-c1ccccc1.c1ccc(-c2ccccc2)cc1. The van der Waals surface area contributed by atoms with Crippen LogP contribution in [0.1, 0.15) is 25.0 Å². The number of rotatable bonds is 6. The maximum absolute atomic E-state index is 12.7. The number of ether oxygens (including phenoxy) is 1. The number of allylic oxidation sites excluding steroid dienone is 2. The van der Waals surface area contributed by atoms with Gasteiger partial charge in [-0.05, 0) is 51.6 Å². The van der Waals surface area contributed by atoms with Gasteiger partial charge in [0.15, 0.2) is 0 Å². The van der Waals surface area contributed by atoms with E-state index in [0.29, 0.717) is 0 Å². The van der Waals surface area contributed by atoms with Crippen LogP contribution in [0.15, 0.2) is 120 Å². The van der Waals surface area contributed by atoms with Gasteiger partial charge in [-0.1, -0.05) is 141 Å². The molecule has 1 aliphatic rings. The van der Waals surface area contributed by atoms with E-state index in [1.54, 1.807) is 13.8 Å². The van der Waals surface area contributed by atoms with Crippen molar-refractivity contribution in [1.29, 1.82) is 0 Å². The Morgan fingerprint density at radius 3 is 1.78 bits per heavy atom. The largest absolute Gasteiger partial charge is 0.461 e. The summed E-state index contributed by atoms with van der Waals surface area (Å²) in [6.07, 6.45) is -3.68. The number of hydrogen-bond donors (Lipinski definition) is 0. The monoisotopic (exact) mass is 576 g/mol. The average Bonchev–Trinajstić information content (AvgIpc) is 3.52. The van der Waals surface area contributed by atoms with E-state index in [-0.39, 0.29) is 6.61 Å². The molecule has 1 fully saturated rings. The quantitative estimate of drug-likeness (QED) is 0.213. The zero-order valence-electron chi connectivity index (χ0n) is 23.2. The van der Waals surface area contributed by atoms with Gasteiger partial charge in [0.1, 0.15) is 11.6 Å². The Bertz CT molecular complexity index is 1440. The molecule has 2 unspecified atom stereocenters. The first-order valence-electron chi connectivity index (χ1n) is 13.4. The Hall–Kier alpha value is -3.83. The van der Waals surface area contributed by atoms with E-state index in [0.717, 1.165) is 28.3 Å². The van der Waals surface area contributed by atoms with Gasteiger partial charge in [0.25, 0.3) is 0 Å². The molecule has 0 radical (unpaired) electrons. The molecule has 0 bridgehead atoms. The fourth-order valence-corrected chi connectivity index (χ4v) is 5.10. The van der Waals surface area contributed by atoms with Gasteiger partial charge >= 0.3 is 12.1 Å². The van der Waals surface area contributed by atoms with Gasteiger partial charge in [-0.3, -0.25) is 4.79 Å². The topological polar surface area (TPSA) is 26.3 Å². The number of hydrogen-bond acceptors (Lipinski definition) is 2. The number of alkyl halides is 3. The fourth-order valence-electron chi connectivity index (χ4n) is 4.96. The predicted octanol–water partition coefficient (Wildman–Crippen LogP) is 10.0. The summed E-state index contributed by atoms with van der Waals surface area (Å²) in [6, 6.07) is 36.4. The van der Waals surface area contributed by atoms with Crippen LogP contribution in [0, 0.1) is 24.2 Å². The number of carbonyl (C=O) groups excluding carboxylic acids is 1. The standard InChI is InChI=1S/C23H22ClF3O2.C12H10/c1-14-16(10-7-11-17(14)15-8-5-4-6-9-15)13-29-21(28)20-18(22(20,2)3)12-19(24)23(25,26)27;1-3-7-11(8-4-1)12-9-5-2-6-10-12/h4-12,18,20H,13H2,1-3H3;1-10H/b19-12-;. The highest BCUT2D eigenvalue weighted by molar-refractivity contribution is 6.30. The van der Waals surface area contributed by atoms with E-state index in [9.17, 15) is 18.0 Å². The first kappa shape index (κ1) is 30.1. The van der Waals surface area contributed by atoms with E-state index in [1.165, 1.54) is 11.1 Å². The van der Waals surface area contributed by atoms with Gasteiger partial charge in [-0.15, -0.1) is 0 Å². The van der Waals surface area contributed by atoms with Crippen molar-refractivity contribution in [2.24, 2.45) is 17.3 Å². The van der Waals surface area contributed by atoms with Crippen LogP contribution in [-0.2, 0) is 16.1 Å². The number of halogens is 4. The van der Waals surface area contributed by atoms with Crippen molar-refractivity contribution in [3.05, 3.63) is 131 Å². The molecule has 41 heavy (non-hydrogen) atoms. The minimum absolute atomic E-state index is 0.0708. The second-order valence-electron chi connectivity index (χ2n) is 10.6. The highest BCUT2D eigenvalue weighted by Crippen LogP contribution is 2.60. The molecule has 0 amide bonds. The van der Waals surface area contributed by atoms with Crippen LogP contribution in [0.4, 0.5) is 13.2 Å². The Morgan fingerprint density at radius 1 is 0.805 bits per heavy atom.